The number of anilines is 1. The minimum atomic E-state index is -1.16. The van der Waals surface area contributed by atoms with Gasteiger partial charge in [-0.3, -0.25) is 10.1 Å². The van der Waals surface area contributed by atoms with E-state index in [0.29, 0.717) is 12.5 Å². The summed E-state index contributed by atoms with van der Waals surface area (Å²) in [6.45, 7) is 0.565. The number of hydrogen-bond acceptors (Lipinski definition) is 4. The zero-order valence-corrected chi connectivity index (χ0v) is 9.76. The van der Waals surface area contributed by atoms with Crippen molar-refractivity contribution in [3.05, 3.63) is 33.9 Å². The molecule has 0 aliphatic heterocycles. The average molecular weight is 250 g/mol. The largest absolute Gasteiger partial charge is 0.478 e. The molecule has 0 heterocycles. The number of nitrogens with zero attached hydrogens (tertiary/aromatic N) is 1. The van der Waals surface area contributed by atoms with Crippen molar-refractivity contribution < 1.29 is 14.8 Å². The van der Waals surface area contributed by atoms with Gasteiger partial charge in [0.2, 0.25) is 0 Å². The normalized spacial score (nSPS) is 14.2. The standard InChI is InChI=1S/C12H14N2O4/c15-12(16)9-2-1-3-10(14(17)18)11(9)13-7-6-8-4-5-8/h1-3,8,13H,4-7H2,(H,15,16). The summed E-state index contributed by atoms with van der Waals surface area (Å²) in [5, 5.41) is 22.8. The predicted octanol–water partition coefficient (Wildman–Crippen LogP) is 2.51. The van der Waals surface area contributed by atoms with Crippen LogP contribution in [0.25, 0.3) is 0 Å². The van der Waals surface area contributed by atoms with E-state index in [1.807, 2.05) is 0 Å². The Balaban J connectivity index is 2.20. The maximum absolute atomic E-state index is 11.0. The van der Waals surface area contributed by atoms with E-state index >= 15 is 0 Å². The molecule has 0 bridgehead atoms. The molecule has 96 valence electrons. The number of para-hydroxylation sites is 1. The molecule has 0 amide bonds. The summed E-state index contributed by atoms with van der Waals surface area (Å²) in [6.07, 6.45) is 3.32. The second kappa shape index (κ2) is 5.03. The third-order valence-electron chi connectivity index (χ3n) is 3.02. The number of nitro benzene ring substituents is 1. The van der Waals surface area contributed by atoms with Crippen molar-refractivity contribution in [3.8, 4) is 0 Å². The Kier molecular flexibility index (Phi) is 3.45. The number of carboxylic acids is 1. The molecule has 1 aliphatic rings. The summed E-state index contributed by atoms with van der Waals surface area (Å²) < 4.78 is 0. The molecule has 2 rings (SSSR count). The highest BCUT2D eigenvalue weighted by atomic mass is 16.6. The number of aromatic carboxylic acids is 1. The van der Waals surface area contributed by atoms with Crippen LogP contribution in [0.3, 0.4) is 0 Å². The molecule has 0 radical (unpaired) electrons. The molecule has 1 aromatic carbocycles. The van der Waals surface area contributed by atoms with Crippen LogP contribution < -0.4 is 5.32 Å². The number of carbonyl (C=O) groups is 1. The lowest BCUT2D eigenvalue weighted by Gasteiger charge is -2.09. The van der Waals surface area contributed by atoms with Crippen LogP contribution in [0.15, 0.2) is 18.2 Å². The number of carboxylic acid groups (broad SMARTS) is 1. The van der Waals surface area contributed by atoms with Crippen molar-refractivity contribution in [1.82, 2.24) is 0 Å². The number of benzene rings is 1. The van der Waals surface area contributed by atoms with Gasteiger partial charge in [-0.25, -0.2) is 4.79 Å². The van der Waals surface area contributed by atoms with Gasteiger partial charge in [0.05, 0.1) is 10.5 Å². The average Bonchev–Trinajstić information content (AvgIpc) is 3.12. The summed E-state index contributed by atoms with van der Waals surface area (Å²) in [4.78, 5) is 21.4. The molecule has 6 nitrogen and oxygen atoms in total. The van der Waals surface area contributed by atoms with Crippen LogP contribution in [0.2, 0.25) is 0 Å². The molecule has 0 atom stereocenters. The van der Waals surface area contributed by atoms with Gasteiger partial charge in [-0.15, -0.1) is 0 Å². The van der Waals surface area contributed by atoms with E-state index in [9.17, 15) is 14.9 Å². The lowest BCUT2D eigenvalue weighted by atomic mass is 10.1. The van der Waals surface area contributed by atoms with E-state index in [4.69, 9.17) is 5.11 Å². The molecular weight excluding hydrogens is 236 g/mol. The second-order valence-corrected chi connectivity index (χ2v) is 4.42. The van der Waals surface area contributed by atoms with Gasteiger partial charge in [0.15, 0.2) is 0 Å². The third kappa shape index (κ3) is 2.77. The van der Waals surface area contributed by atoms with Crippen LogP contribution in [0.1, 0.15) is 29.6 Å². The van der Waals surface area contributed by atoms with Gasteiger partial charge in [0.1, 0.15) is 5.69 Å². The monoisotopic (exact) mass is 250 g/mol. The van der Waals surface area contributed by atoms with Gasteiger partial charge in [-0.05, 0) is 18.4 Å². The molecule has 0 aromatic heterocycles. The van der Waals surface area contributed by atoms with E-state index < -0.39 is 10.9 Å². The topological polar surface area (TPSA) is 92.5 Å². The van der Waals surface area contributed by atoms with E-state index in [0.717, 1.165) is 6.42 Å². The van der Waals surface area contributed by atoms with Crippen molar-refractivity contribution in [2.24, 2.45) is 5.92 Å². The molecular formula is C12H14N2O4. The number of hydrogen-bond donors (Lipinski definition) is 2. The lowest BCUT2D eigenvalue weighted by molar-refractivity contribution is -0.384. The number of rotatable bonds is 6. The summed E-state index contributed by atoms with van der Waals surface area (Å²) >= 11 is 0. The third-order valence-corrected chi connectivity index (χ3v) is 3.02. The fourth-order valence-electron chi connectivity index (χ4n) is 1.86. The Bertz CT molecular complexity index is 451. The number of nitrogens with one attached hydrogen (secondary N) is 1. The van der Waals surface area contributed by atoms with Crippen molar-refractivity contribution >= 4 is 17.3 Å². The van der Waals surface area contributed by atoms with Gasteiger partial charge >= 0.3 is 5.97 Å². The Morgan fingerprint density at radius 1 is 1.50 bits per heavy atom. The van der Waals surface area contributed by atoms with E-state index in [2.05, 4.69) is 5.32 Å². The highest BCUT2D eigenvalue weighted by molar-refractivity contribution is 5.96. The van der Waals surface area contributed by atoms with Crippen molar-refractivity contribution in [2.45, 2.75) is 19.3 Å². The molecule has 0 spiro atoms. The molecule has 18 heavy (non-hydrogen) atoms. The second-order valence-electron chi connectivity index (χ2n) is 4.42. The Morgan fingerprint density at radius 2 is 2.22 bits per heavy atom. The maximum atomic E-state index is 11.0. The van der Waals surface area contributed by atoms with Crippen LogP contribution in [0.4, 0.5) is 11.4 Å². The summed E-state index contributed by atoms with van der Waals surface area (Å²) in [7, 11) is 0. The van der Waals surface area contributed by atoms with Crippen molar-refractivity contribution in [3.63, 3.8) is 0 Å². The summed E-state index contributed by atoms with van der Waals surface area (Å²) in [5.74, 6) is -0.471. The Morgan fingerprint density at radius 3 is 2.78 bits per heavy atom. The first-order valence-corrected chi connectivity index (χ1v) is 5.84. The van der Waals surface area contributed by atoms with Gasteiger partial charge in [0.25, 0.3) is 5.69 Å². The Labute approximate surface area is 104 Å². The van der Waals surface area contributed by atoms with E-state index in [1.54, 1.807) is 0 Å². The first kappa shape index (κ1) is 12.3. The molecule has 1 aromatic rings. The maximum Gasteiger partial charge on any atom is 0.338 e. The lowest BCUT2D eigenvalue weighted by Crippen LogP contribution is -2.10. The highest BCUT2D eigenvalue weighted by Crippen LogP contribution is 2.33. The molecule has 6 heteroatoms. The van der Waals surface area contributed by atoms with Crippen LogP contribution in [0.5, 0.6) is 0 Å². The first-order valence-electron chi connectivity index (χ1n) is 5.84. The fraction of sp³-hybridized carbons (Fsp3) is 0.417. The van der Waals surface area contributed by atoms with Crippen LogP contribution in [-0.4, -0.2) is 22.5 Å². The minimum Gasteiger partial charge on any atom is -0.478 e. The van der Waals surface area contributed by atoms with Crippen molar-refractivity contribution in [2.75, 3.05) is 11.9 Å². The molecule has 1 fully saturated rings. The van der Waals surface area contributed by atoms with Gasteiger partial charge in [-0.2, -0.15) is 0 Å². The highest BCUT2D eigenvalue weighted by Gasteiger charge is 2.23. The summed E-state index contributed by atoms with van der Waals surface area (Å²) in [5.41, 5.74) is -0.138. The molecule has 0 saturated heterocycles. The first-order chi connectivity index (χ1) is 8.59. The molecule has 2 N–H and O–H groups in total. The van der Waals surface area contributed by atoms with E-state index in [1.165, 1.54) is 31.0 Å². The fourth-order valence-corrected chi connectivity index (χ4v) is 1.86. The Hall–Kier alpha value is -2.11. The van der Waals surface area contributed by atoms with Crippen LogP contribution in [0, 0.1) is 16.0 Å². The van der Waals surface area contributed by atoms with Crippen LogP contribution in [-0.2, 0) is 0 Å². The van der Waals surface area contributed by atoms with E-state index in [-0.39, 0.29) is 16.9 Å². The van der Waals surface area contributed by atoms with Gasteiger partial charge in [0, 0.05) is 12.6 Å². The SMILES string of the molecule is O=C(O)c1cccc([N+](=O)[O-])c1NCCC1CC1. The predicted molar refractivity (Wildman–Crippen MR) is 65.9 cm³/mol. The smallest absolute Gasteiger partial charge is 0.338 e. The summed E-state index contributed by atoms with van der Waals surface area (Å²) in [6, 6.07) is 4.06. The molecule has 1 saturated carbocycles. The number of nitro groups is 1. The minimum absolute atomic E-state index is 0.0556. The zero-order valence-electron chi connectivity index (χ0n) is 9.76. The van der Waals surface area contributed by atoms with Gasteiger partial charge < -0.3 is 10.4 Å². The van der Waals surface area contributed by atoms with Crippen molar-refractivity contribution in [1.29, 1.82) is 0 Å². The quantitative estimate of drug-likeness (QED) is 0.597. The van der Waals surface area contributed by atoms with Gasteiger partial charge in [-0.1, -0.05) is 18.9 Å². The molecule has 0 unspecified atom stereocenters. The van der Waals surface area contributed by atoms with Crippen LogP contribution >= 0.6 is 0 Å². The molecule has 1 aliphatic carbocycles. The zero-order chi connectivity index (χ0) is 13.1.